The summed E-state index contributed by atoms with van der Waals surface area (Å²) in [6.45, 7) is 0. The fraction of sp³-hybridized carbons (Fsp3) is 0.600. The standard InChI is InChI=1S/C15H21ClO/c16-14-10-6-5-9-13(14)11-15(17)12-7-3-1-2-4-8-12/h5-6,9-10,12,15,17H,1-4,7-8,11H2. The summed E-state index contributed by atoms with van der Waals surface area (Å²) in [4.78, 5) is 0. The molecule has 94 valence electrons. The van der Waals surface area contributed by atoms with Crippen molar-refractivity contribution in [3.63, 3.8) is 0 Å². The summed E-state index contributed by atoms with van der Waals surface area (Å²) >= 11 is 6.13. The quantitative estimate of drug-likeness (QED) is 0.799. The molecule has 0 saturated heterocycles. The van der Waals surface area contributed by atoms with E-state index < -0.39 is 0 Å². The summed E-state index contributed by atoms with van der Waals surface area (Å²) in [6, 6.07) is 7.84. The van der Waals surface area contributed by atoms with E-state index in [4.69, 9.17) is 11.6 Å². The van der Waals surface area contributed by atoms with Crippen LogP contribution >= 0.6 is 11.6 Å². The fourth-order valence-electron chi connectivity index (χ4n) is 2.75. The minimum atomic E-state index is -0.229. The van der Waals surface area contributed by atoms with Crippen LogP contribution in [-0.2, 0) is 6.42 Å². The molecule has 1 aromatic rings. The first-order valence-corrected chi connectivity index (χ1v) is 7.06. The molecule has 0 spiro atoms. The third-order valence-corrected chi connectivity index (χ3v) is 4.20. The number of hydrogen-bond acceptors (Lipinski definition) is 1. The third kappa shape index (κ3) is 3.72. The van der Waals surface area contributed by atoms with Crippen LogP contribution in [0.3, 0.4) is 0 Å². The smallest absolute Gasteiger partial charge is 0.0609 e. The zero-order valence-electron chi connectivity index (χ0n) is 10.2. The summed E-state index contributed by atoms with van der Waals surface area (Å²) in [6.07, 6.45) is 8.01. The lowest BCUT2D eigenvalue weighted by molar-refractivity contribution is 0.0986. The molecule has 1 fully saturated rings. The van der Waals surface area contributed by atoms with Gasteiger partial charge in [0.1, 0.15) is 0 Å². The van der Waals surface area contributed by atoms with Gasteiger partial charge in [-0.25, -0.2) is 0 Å². The van der Waals surface area contributed by atoms with Gasteiger partial charge in [0.05, 0.1) is 6.10 Å². The Morgan fingerprint density at radius 1 is 1.12 bits per heavy atom. The average Bonchev–Trinajstić information content (AvgIpc) is 2.61. The molecule has 17 heavy (non-hydrogen) atoms. The van der Waals surface area contributed by atoms with Gasteiger partial charge in [-0.1, -0.05) is 55.5 Å². The van der Waals surface area contributed by atoms with Crippen molar-refractivity contribution in [2.45, 2.75) is 51.0 Å². The van der Waals surface area contributed by atoms with Crippen LogP contribution in [0.1, 0.15) is 44.1 Å². The maximum Gasteiger partial charge on any atom is 0.0609 e. The van der Waals surface area contributed by atoms with Crippen LogP contribution in [0, 0.1) is 5.92 Å². The average molecular weight is 253 g/mol. The van der Waals surface area contributed by atoms with E-state index in [1.54, 1.807) is 0 Å². The van der Waals surface area contributed by atoms with Gasteiger partial charge in [-0.2, -0.15) is 0 Å². The van der Waals surface area contributed by atoms with Gasteiger partial charge in [-0.15, -0.1) is 0 Å². The second-order valence-corrected chi connectivity index (χ2v) is 5.52. The normalized spacial score (nSPS) is 19.9. The molecule has 1 aromatic carbocycles. The molecule has 0 heterocycles. The van der Waals surface area contributed by atoms with E-state index in [1.165, 1.54) is 38.5 Å². The molecular formula is C15H21ClO. The Kier molecular flexibility index (Phi) is 4.87. The van der Waals surface area contributed by atoms with Crippen molar-refractivity contribution in [2.24, 2.45) is 5.92 Å². The van der Waals surface area contributed by atoms with Crippen molar-refractivity contribution in [3.05, 3.63) is 34.9 Å². The van der Waals surface area contributed by atoms with E-state index in [2.05, 4.69) is 0 Å². The fourth-order valence-corrected chi connectivity index (χ4v) is 2.96. The van der Waals surface area contributed by atoms with Crippen LogP contribution < -0.4 is 0 Å². The maximum atomic E-state index is 10.3. The molecule has 1 N–H and O–H groups in total. The van der Waals surface area contributed by atoms with Gasteiger partial charge < -0.3 is 5.11 Å². The van der Waals surface area contributed by atoms with Crippen molar-refractivity contribution >= 4 is 11.6 Å². The molecule has 1 unspecified atom stereocenters. The van der Waals surface area contributed by atoms with E-state index in [9.17, 15) is 5.11 Å². The summed E-state index contributed by atoms with van der Waals surface area (Å²) in [5.74, 6) is 0.466. The van der Waals surface area contributed by atoms with Crippen LogP contribution in [0.2, 0.25) is 5.02 Å². The summed E-state index contributed by atoms with van der Waals surface area (Å²) in [5, 5.41) is 11.1. The molecule has 1 aliphatic rings. The Labute approximate surface area is 109 Å². The van der Waals surface area contributed by atoms with Gasteiger partial charge in [0.2, 0.25) is 0 Å². The number of halogens is 1. The van der Waals surface area contributed by atoms with E-state index >= 15 is 0 Å². The molecule has 2 heteroatoms. The molecule has 0 aliphatic heterocycles. The first kappa shape index (κ1) is 12.9. The molecule has 1 atom stereocenters. The first-order valence-electron chi connectivity index (χ1n) is 6.69. The zero-order chi connectivity index (χ0) is 12.1. The SMILES string of the molecule is OC(Cc1ccccc1Cl)C1CCCCCC1. The van der Waals surface area contributed by atoms with Crippen molar-refractivity contribution in [1.29, 1.82) is 0 Å². The lowest BCUT2D eigenvalue weighted by Crippen LogP contribution is -2.22. The molecular weight excluding hydrogens is 232 g/mol. The second-order valence-electron chi connectivity index (χ2n) is 5.11. The predicted octanol–water partition coefficient (Wildman–Crippen LogP) is 4.21. The number of hydrogen-bond donors (Lipinski definition) is 1. The summed E-state index contributed by atoms with van der Waals surface area (Å²) < 4.78 is 0. The summed E-state index contributed by atoms with van der Waals surface area (Å²) in [5.41, 5.74) is 1.07. The predicted molar refractivity (Wildman–Crippen MR) is 72.4 cm³/mol. The number of aliphatic hydroxyl groups excluding tert-OH is 1. The van der Waals surface area contributed by atoms with Gasteiger partial charge in [-0.05, 0) is 30.4 Å². The Bertz CT molecular complexity index is 343. The Hall–Kier alpha value is -0.530. The highest BCUT2D eigenvalue weighted by atomic mass is 35.5. The van der Waals surface area contributed by atoms with Crippen molar-refractivity contribution in [1.82, 2.24) is 0 Å². The Morgan fingerprint density at radius 2 is 1.76 bits per heavy atom. The Morgan fingerprint density at radius 3 is 2.41 bits per heavy atom. The van der Waals surface area contributed by atoms with E-state index in [1.807, 2.05) is 24.3 Å². The van der Waals surface area contributed by atoms with E-state index in [0.717, 1.165) is 10.6 Å². The van der Waals surface area contributed by atoms with Crippen molar-refractivity contribution < 1.29 is 5.11 Å². The lowest BCUT2D eigenvalue weighted by atomic mass is 9.90. The molecule has 0 amide bonds. The highest BCUT2D eigenvalue weighted by molar-refractivity contribution is 6.31. The third-order valence-electron chi connectivity index (χ3n) is 3.83. The monoisotopic (exact) mass is 252 g/mol. The first-order chi connectivity index (χ1) is 8.27. The van der Waals surface area contributed by atoms with Gasteiger partial charge in [0.25, 0.3) is 0 Å². The van der Waals surface area contributed by atoms with Gasteiger partial charge in [0.15, 0.2) is 0 Å². The number of benzene rings is 1. The van der Waals surface area contributed by atoms with Gasteiger partial charge >= 0.3 is 0 Å². The lowest BCUT2D eigenvalue weighted by Gasteiger charge is -2.21. The number of rotatable bonds is 3. The Balaban J connectivity index is 1.95. The zero-order valence-corrected chi connectivity index (χ0v) is 11.0. The van der Waals surface area contributed by atoms with Crippen molar-refractivity contribution in [2.75, 3.05) is 0 Å². The van der Waals surface area contributed by atoms with Crippen molar-refractivity contribution in [3.8, 4) is 0 Å². The van der Waals surface area contributed by atoms with Crippen LogP contribution in [0.15, 0.2) is 24.3 Å². The maximum absolute atomic E-state index is 10.3. The van der Waals surface area contributed by atoms with E-state index in [0.29, 0.717) is 12.3 Å². The topological polar surface area (TPSA) is 20.2 Å². The highest BCUT2D eigenvalue weighted by Crippen LogP contribution is 2.28. The van der Waals surface area contributed by atoms with E-state index in [-0.39, 0.29) is 6.10 Å². The molecule has 1 nitrogen and oxygen atoms in total. The molecule has 0 aromatic heterocycles. The van der Waals surface area contributed by atoms with Gasteiger partial charge in [0, 0.05) is 11.4 Å². The molecule has 2 rings (SSSR count). The van der Waals surface area contributed by atoms with Gasteiger partial charge in [-0.3, -0.25) is 0 Å². The summed E-state index contributed by atoms with van der Waals surface area (Å²) in [7, 11) is 0. The highest BCUT2D eigenvalue weighted by Gasteiger charge is 2.21. The molecule has 1 aliphatic carbocycles. The second kappa shape index (κ2) is 6.42. The minimum absolute atomic E-state index is 0.229. The molecule has 1 saturated carbocycles. The van der Waals surface area contributed by atoms with Crippen LogP contribution in [0.4, 0.5) is 0 Å². The minimum Gasteiger partial charge on any atom is -0.392 e. The van der Waals surface area contributed by atoms with Crippen LogP contribution in [0.5, 0.6) is 0 Å². The number of aliphatic hydroxyl groups is 1. The van der Waals surface area contributed by atoms with Crippen LogP contribution in [-0.4, -0.2) is 11.2 Å². The van der Waals surface area contributed by atoms with Crippen LogP contribution in [0.25, 0.3) is 0 Å². The molecule has 0 radical (unpaired) electrons. The largest absolute Gasteiger partial charge is 0.392 e. The molecule has 0 bridgehead atoms.